The third kappa shape index (κ3) is 2.70. The molecular weight excluding hydrogens is 214 g/mol. The Morgan fingerprint density at radius 1 is 1.53 bits per heavy atom. The third-order valence-corrected chi connectivity index (χ3v) is 2.60. The van der Waals surface area contributed by atoms with Crippen molar-refractivity contribution in [1.29, 1.82) is 0 Å². The van der Waals surface area contributed by atoms with Crippen LogP contribution < -0.4 is 0 Å². The van der Waals surface area contributed by atoms with E-state index in [2.05, 4.69) is 0 Å². The van der Waals surface area contributed by atoms with E-state index in [1.807, 2.05) is 6.92 Å². The summed E-state index contributed by atoms with van der Waals surface area (Å²) >= 11 is 5.96. The summed E-state index contributed by atoms with van der Waals surface area (Å²) in [5.74, 6) is -0.177. The van der Waals surface area contributed by atoms with E-state index in [1.165, 1.54) is 12.2 Å². The molecule has 0 saturated heterocycles. The Hall–Kier alpha value is -1.06. The number of aryl methyl sites for hydroxylation is 1. The van der Waals surface area contributed by atoms with Gasteiger partial charge in [0.1, 0.15) is 0 Å². The van der Waals surface area contributed by atoms with E-state index < -0.39 is 0 Å². The number of rotatable bonds is 3. The molecule has 0 aliphatic carbocycles. The second-order valence-electron chi connectivity index (χ2n) is 3.14. The van der Waals surface area contributed by atoms with Crippen LogP contribution >= 0.6 is 11.6 Å². The molecule has 1 amide bonds. The third-order valence-electron chi connectivity index (χ3n) is 2.23. The van der Waals surface area contributed by atoms with Gasteiger partial charge in [-0.05, 0) is 30.2 Å². The lowest BCUT2D eigenvalue weighted by Gasteiger charge is -2.14. The number of halogens is 1. The summed E-state index contributed by atoms with van der Waals surface area (Å²) < 4.78 is 0. The zero-order chi connectivity index (χ0) is 11.4. The fraction of sp³-hybridized carbons (Fsp3) is 0.364. The molecule has 0 aliphatic heterocycles. The van der Waals surface area contributed by atoms with Crippen molar-refractivity contribution in [3.8, 4) is 0 Å². The van der Waals surface area contributed by atoms with Crippen molar-refractivity contribution in [3.63, 3.8) is 0 Å². The molecule has 0 aromatic heterocycles. The first kappa shape index (κ1) is 12.0. The van der Waals surface area contributed by atoms with Crippen LogP contribution in [0.15, 0.2) is 18.2 Å². The highest BCUT2D eigenvalue weighted by Gasteiger charge is 2.12. The van der Waals surface area contributed by atoms with Crippen LogP contribution in [0.5, 0.6) is 0 Å². The second kappa shape index (κ2) is 5.14. The van der Waals surface area contributed by atoms with Crippen LogP contribution in [-0.4, -0.2) is 25.1 Å². The van der Waals surface area contributed by atoms with E-state index in [9.17, 15) is 4.79 Å². The standard InChI is InChI=1S/C11H14ClNO2/c1-4-8-7-9(5-6-10(8)12)11(14)13(2)15-3/h5-7H,4H2,1-3H3. The van der Waals surface area contributed by atoms with Gasteiger partial charge in [0, 0.05) is 17.6 Å². The van der Waals surface area contributed by atoms with E-state index in [4.69, 9.17) is 16.4 Å². The van der Waals surface area contributed by atoms with Crippen molar-refractivity contribution in [2.45, 2.75) is 13.3 Å². The van der Waals surface area contributed by atoms with Crippen molar-refractivity contribution in [1.82, 2.24) is 5.06 Å². The molecule has 1 aromatic carbocycles. The highest BCUT2D eigenvalue weighted by atomic mass is 35.5. The first-order valence-electron chi connectivity index (χ1n) is 4.70. The predicted octanol–water partition coefficient (Wildman–Crippen LogP) is 2.54. The van der Waals surface area contributed by atoms with Crippen LogP contribution in [0.4, 0.5) is 0 Å². The fourth-order valence-electron chi connectivity index (χ4n) is 1.24. The molecule has 4 heteroatoms. The van der Waals surface area contributed by atoms with Crippen molar-refractivity contribution >= 4 is 17.5 Å². The topological polar surface area (TPSA) is 29.5 Å². The highest BCUT2D eigenvalue weighted by molar-refractivity contribution is 6.31. The Morgan fingerprint density at radius 3 is 2.73 bits per heavy atom. The van der Waals surface area contributed by atoms with Gasteiger partial charge in [0.2, 0.25) is 0 Å². The number of carbonyl (C=O) groups is 1. The average molecular weight is 228 g/mol. The zero-order valence-corrected chi connectivity index (χ0v) is 9.84. The molecule has 3 nitrogen and oxygen atoms in total. The molecule has 0 bridgehead atoms. The van der Waals surface area contributed by atoms with Gasteiger partial charge in [-0.15, -0.1) is 0 Å². The maximum atomic E-state index is 11.7. The van der Waals surface area contributed by atoms with Gasteiger partial charge >= 0.3 is 0 Å². The predicted molar refractivity (Wildman–Crippen MR) is 59.9 cm³/mol. The summed E-state index contributed by atoms with van der Waals surface area (Å²) in [6.45, 7) is 2.00. The summed E-state index contributed by atoms with van der Waals surface area (Å²) in [5.41, 5.74) is 1.55. The lowest BCUT2D eigenvalue weighted by Crippen LogP contribution is -2.25. The molecular formula is C11H14ClNO2. The second-order valence-corrected chi connectivity index (χ2v) is 3.55. The maximum Gasteiger partial charge on any atom is 0.277 e. The summed E-state index contributed by atoms with van der Waals surface area (Å²) in [6, 6.07) is 5.22. The Bertz CT molecular complexity index is 366. The first-order chi connectivity index (χ1) is 7.10. The summed E-state index contributed by atoms with van der Waals surface area (Å²) in [4.78, 5) is 16.5. The molecule has 1 aromatic rings. The Labute approximate surface area is 94.5 Å². The molecule has 0 aliphatic rings. The van der Waals surface area contributed by atoms with Gasteiger partial charge in [0.05, 0.1) is 7.11 Å². The largest absolute Gasteiger partial charge is 0.277 e. The molecule has 0 spiro atoms. The van der Waals surface area contributed by atoms with Crippen LogP contribution in [0, 0.1) is 0 Å². The van der Waals surface area contributed by atoms with Crippen molar-refractivity contribution in [3.05, 3.63) is 34.3 Å². The van der Waals surface area contributed by atoms with Gasteiger partial charge < -0.3 is 0 Å². The number of amides is 1. The minimum absolute atomic E-state index is 0.177. The normalized spacial score (nSPS) is 10.1. The number of carbonyl (C=O) groups excluding carboxylic acids is 1. The Balaban J connectivity index is 3.01. The van der Waals surface area contributed by atoms with Gasteiger partial charge in [0.25, 0.3) is 5.91 Å². The van der Waals surface area contributed by atoms with Crippen LogP contribution in [0.25, 0.3) is 0 Å². The molecule has 0 saturated carbocycles. The molecule has 15 heavy (non-hydrogen) atoms. The van der Waals surface area contributed by atoms with Gasteiger partial charge in [-0.25, -0.2) is 5.06 Å². The maximum absolute atomic E-state index is 11.7. The van der Waals surface area contributed by atoms with Gasteiger partial charge in [0.15, 0.2) is 0 Å². The SMILES string of the molecule is CCc1cc(C(=O)N(C)OC)ccc1Cl. The number of nitrogens with zero attached hydrogens (tertiary/aromatic N) is 1. The molecule has 0 fully saturated rings. The minimum atomic E-state index is -0.177. The van der Waals surface area contributed by atoms with Crippen molar-refractivity contribution < 1.29 is 9.63 Å². The van der Waals surface area contributed by atoms with E-state index in [-0.39, 0.29) is 5.91 Å². The van der Waals surface area contributed by atoms with Crippen LogP contribution in [0.3, 0.4) is 0 Å². The zero-order valence-electron chi connectivity index (χ0n) is 9.08. The molecule has 0 heterocycles. The average Bonchev–Trinajstić information content (AvgIpc) is 2.27. The lowest BCUT2D eigenvalue weighted by atomic mass is 10.1. The molecule has 82 valence electrons. The molecule has 0 unspecified atom stereocenters. The van der Waals surface area contributed by atoms with Crippen molar-refractivity contribution in [2.24, 2.45) is 0 Å². The monoisotopic (exact) mass is 227 g/mol. The minimum Gasteiger partial charge on any atom is -0.274 e. The number of benzene rings is 1. The van der Waals surface area contributed by atoms with E-state index in [0.29, 0.717) is 10.6 Å². The number of hydrogen-bond donors (Lipinski definition) is 0. The Kier molecular flexibility index (Phi) is 4.12. The fourth-order valence-corrected chi connectivity index (χ4v) is 1.49. The molecule has 0 atom stereocenters. The Morgan fingerprint density at radius 2 is 2.20 bits per heavy atom. The molecule has 0 N–H and O–H groups in total. The summed E-state index contributed by atoms with van der Waals surface area (Å²) in [5, 5.41) is 1.87. The highest BCUT2D eigenvalue weighted by Crippen LogP contribution is 2.18. The molecule has 0 radical (unpaired) electrons. The van der Waals surface area contributed by atoms with Crippen LogP contribution in [0.1, 0.15) is 22.8 Å². The first-order valence-corrected chi connectivity index (χ1v) is 5.08. The summed E-state index contributed by atoms with van der Waals surface area (Å²) in [7, 11) is 3.02. The molecule has 1 rings (SSSR count). The number of hydrogen-bond acceptors (Lipinski definition) is 2. The quantitative estimate of drug-likeness (QED) is 0.743. The van der Waals surface area contributed by atoms with E-state index >= 15 is 0 Å². The van der Waals surface area contributed by atoms with Crippen LogP contribution in [-0.2, 0) is 11.3 Å². The van der Waals surface area contributed by atoms with E-state index in [1.54, 1.807) is 25.2 Å². The smallest absolute Gasteiger partial charge is 0.274 e. The lowest BCUT2D eigenvalue weighted by molar-refractivity contribution is -0.0757. The van der Waals surface area contributed by atoms with Crippen LogP contribution in [0.2, 0.25) is 5.02 Å². The van der Waals surface area contributed by atoms with Crippen molar-refractivity contribution in [2.75, 3.05) is 14.2 Å². The van der Waals surface area contributed by atoms with E-state index in [0.717, 1.165) is 12.0 Å². The van der Waals surface area contributed by atoms with Gasteiger partial charge in [-0.1, -0.05) is 18.5 Å². The summed E-state index contributed by atoms with van der Waals surface area (Å²) in [6.07, 6.45) is 0.802. The van der Waals surface area contributed by atoms with Gasteiger partial charge in [-0.2, -0.15) is 0 Å². The number of hydroxylamine groups is 2. The van der Waals surface area contributed by atoms with Gasteiger partial charge in [-0.3, -0.25) is 9.63 Å².